The van der Waals surface area contributed by atoms with Gasteiger partial charge in [0.2, 0.25) is 18.2 Å². The molecule has 0 heterocycles. The Hall–Kier alpha value is -2.52. The van der Waals surface area contributed by atoms with Crippen molar-refractivity contribution in [1.82, 2.24) is 26.8 Å². The summed E-state index contributed by atoms with van der Waals surface area (Å²) in [7, 11) is 1.98. The number of hydrogen-bond donors (Lipinski definition) is 5. The smallest absolute Gasteiger partial charge is 0.238 e. The third-order valence-electron chi connectivity index (χ3n) is 4.44. The minimum absolute atomic E-state index is 0.0610. The third-order valence-corrected chi connectivity index (χ3v) is 4.44. The van der Waals surface area contributed by atoms with Crippen LogP contribution in [0.25, 0.3) is 0 Å². The molecular formula is C28H59N5O4. The van der Waals surface area contributed by atoms with Gasteiger partial charge in [0.15, 0.2) is 0 Å². The highest BCUT2D eigenvalue weighted by Crippen LogP contribution is 1.97. The average molecular weight is 530 g/mol. The number of carbonyl (C=O) groups is 4. The Morgan fingerprint density at radius 1 is 1.00 bits per heavy atom. The molecule has 3 atom stereocenters. The number of amides is 3. The van der Waals surface area contributed by atoms with Crippen LogP contribution in [-0.4, -0.2) is 56.2 Å². The zero-order valence-electron chi connectivity index (χ0n) is 25.6. The Labute approximate surface area is 228 Å². The zero-order chi connectivity index (χ0) is 30.1. The molecule has 3 amide bonds. The van der Waals surface area contributed by atoms with Gasteiger partial charge in [-0.25, -0.2) is 5.43 Å². The minimum atomic E-state index is -0.678. The first-order chi connectivity index (χ1) is 17.6. The lowest BCUT2D eigenvalue weighted by atomic mass is 10.1. The van der Waals surface area contributed by atoms with Crippen LogP contribution in [0.4, 0.5) is 0 Å². The number of rotatable bonds is 14. The first-order valence-corrected chi connectivity index (χ1v) is 13.4. The predicted octanol–water partition coefficient (Wildman–Crippen LogP) is 4.20. The van der Waals surface area contributed by atoms with Gasteiger partial charge in [-0.1, -0.05) is 51.8 Å². The van der Waals surface area contributed by atoms with Crippen LogP contribution >= 0.6 is 0 Å². The highest BCUT2D eigenvalue weighted by atomic mass is 16.2. The molecule has 9 heteroatoms. The van der Waals surface area contributed by atoms with E-state index in [0.717, 1.165) is 6.42 Å². The van der Waals surface area contributed by atoms with Crippen LogP contribution in [0, 0.1) is 0 Å². The van der Waals surface area contributed by atoms with E-state index in [1.807, 2.05) is 48.6 Å². The van der Waals surface area contributed by atoms with Crippen molar-refractivity contribution in [1.29, 1.82) is 0 Å². The summed E-state index contributed by atoms with van der Waals surface area (Å²) in [6, 6.07) is -0.484. The maximum absolute atomic E-state index is 11.7. The van der Waals surface area contributed by atoms with Gasteiger partial charge < -0.3 is 20.7 Å². The molecule has 0 unspecified atom stereocenters. The lowest BCUT2D eigenvalue weighted by molar-refractivity contribution is -0.125. The molecule has 0 bridgehead atoms. The second-order valence-corrected chi connectivity index (χ2v) is 7.87. The number of nitrogens with one attached hydrogen (secondary N) is 5. The first kappa shape index (κ1) is 44.5. The molecule has 0 radical (unpaired) electrons. The van der Waals surface area contributed by atoms with E-state index in [1.165, 1.54) is 12.0 Å². The van der Waals surface area contributed by atoms with Crippen LogP contribution in [0.2, 0.25) is 0 Å². The molecule has 0 aliphatic carbocycles. The Bertz CT molecular complexity index is 561. The Kier molecular flexibility index (Phi) is 45.7. The van der Waals surface area contributed by atoms with Gasteiger partial charge in [0.05, 0.1) is 6.04 Å². The topological polar surface area (TPSA) is 128 Å². The molecule has 0 saturated carbocycles. The van der Waals surface area contributed by atoms with Crippen LogP contribution in [0.5, 0.6) is 0 Å². The van der Waals surface area contributed by atoms with Crippen molar-refractivity contribution in [3.8, 4) is 0 Å². The van der Waals surface area contributed by atoms with E-state index in [2.05, 4.69) is 67.2 Å². The average Bonchev–Trinajstić information content (AvgIpc) is 2.90. The first-order valence-electron chi connectivity index (χ1n) is 13.4. The number of hydrogen-bond acceptors (Lipinski definition) is 6. The normalized spacial score (nSPS) is 11.1. The molecule has 0 saturated heterocycles. The number of allylic oxidation sites excluding steroid dienone is 3. The number of carbonyl (C=O) groups excluding carboxylic acids is 4. The van der Waals surface area contributed by atoms with Crippen LogP contribution in [0.1, 0.15) is 101 Å². The van der Waals surface area contributed by atoms with E-state index < -0.39 is 12.1 Å². The fraction of sp³-hybridized carbons (Fsp3) is 0.714. The van der Waals surface area contributed by atoms with E-state index in [0.29, 0.717) is 31.7 Å². The molecule has 0 aromatic carbocycles. The molecule has 5 N–H and O–H groups in total. The second-order valence-electron chi connectivity index (χ2n) is 7.87. The maximum Gasteiger partial charge on any atom is 0.238 e. The SMILES string of the molecule is C=CC.CC.CC=C(C)C.CCC[C@H](NNC(=O)CC[C@@H](C=O)NC=O)C(=O)NCC.CC[C@@H](C)NC. The van der Waals surface area contributed by atoms with Gasteiger partial charge >= 0.3 is 0 Å². The zero-order valence-corrected chi connectivity index (χ0v) is 25.6. The van der Waals surface area contributed by atoms with Gasteiger partial charge in [-0.15, -0.1) is 6.58 Å². The second kappa shape index (κ2) is 38.0. The molecule has 0 spiro atoms. The molecule has 0 aromatic heterocycles. The Morgan fingerprint density at radius 2 is 1.51 bits per heavy atom. The fourth-order valence-corrected chi connectivity index (χ4v) is 1.85. The lowest BCUT2D eigenvalue weighted by Gasteiger charge is -2.18. The summed E-state index contributed by atoms with van der Waals surface area (Å²) in [5, 5.41) is 8.09. The number of hydrazine groups is 1. The predicted molar refractivity (Wildman–Crippen MR) is 158 cm³/mol. The van der Waals surface area contributed by atoms with Crippen molar-refractivity contribution in [3.63, 3.8) is 0 Å². The van der Waals surface area contributed by atoms with E-state index in [-0.39, 0.29) is 24.7 Å². The largest absolute Gasteiger partial charge is 0.355 e. The van der Waals surface area contributed by atoms with E-state index in [9.17, 15) is 19.2 Å². The fourth-order valence-electron chi connectivity index (χ4n) is 1.85. The van der Waals surface area contributed by atoms with Crippen LogP contribution in [-0.2, 0) is 19.2 Å². The van der Waals surface area contributed by atoms with Gasteiger partial charge in [0.1, 0.15) is 12.3 Å². The van der Waals surface area contributed by atoms with Crippen molar-refractivity contribution < 1.29 is 19.2 Å². The summed E-state index contributed by atoms with van der Waals surface area (Å²) >= 11 is 0. The van der Waals surface area contributed by atoms with E-state index in [4.69, 9.17) is 0 Å². The van der Waals surface area contributed by atoms with Gasteiger partial charge in [-0.05, 0) is 67.9 Å². The van der Waals surface area contributed by atoms with E-state index in [1.54, 1.807) is 6.08 Å². The van der Waals surface area contributed by atoms with Crippen molar-refractivity contribution in [3.05, 3.63) is 24.3 Å². The van der Waals surface area contributed by atoms with Crippen LogP contribution < -0.4 is 26.8 Å². The van der Waals surface area contributed by atoms with Crippen molar-refractivity contribution in [2.75, 3.05) is 13.6 Å². The summed E-state index contributed by atoms with van der Waals surface area (Å²) in [4.78, 5) is 44.2. The van der Waals surface area contributed by atoms with Crippen LogP contribution in [0.15, 0.2) is 24.3 Å². The molecular weight excluding hydrogens is 470 g/mol. The molecule has 0 aromatic rings. The molecule has 37 heavy (non-hydrogen) atoms. The quantitative estimate of drug-likeness (QED) is 0.130. The molecule has 0 aliphatic heterocycles. The minimum Gasteiger partial charge on any atom is -0.355 e. The summed E-state index contributed by atoms with van der Waals surface area (Å²) in [5.74, 6) is -0.520. The Morgan fingerprint density at radius 3 is 1.81 bits per heavy atom. The maximum atomic E-state index is 11.7. The number of likely N-dealkylation sites (N-methyl/N-ethyl adjacent to an activating group) is 1. The van der Waals surface area contributed by atoms with Gasteiger partial charge in [-0.2, -0.15) is 0 Å². The molecule has 9 nitrogen and oxygen atoms in total. The lowest BCUT2D eigenvalue weighted by Crippen LogP contribution is -2.51. The molecule has 0 aliphatic rings. The Balaban J connectivity index is -0.000000173. The van der Waals surface area contributed by atoms with Crippen molar-refractivity contribution in [2.45, 2.75) is 119 Å². The van der Waals surface area contributed by atoms with Crippen LogP contribution in [0.3, 0.4) is 0 Å². The highest BCUT2D eigenvalue weighted by molar-refractivity contribution is 5.82. The summed E-state index contributed by atoms with van der Waals surface area (Å²) < 4.78 is 0. The molecule has 0 rings (SSSR count). The monoisotopic (exact) mass is 529 g/mol. The molecule has 0 fully saturated rings. The third kappa shape index (κ3) is 40.9. The van der Waals surface area contributed by atoms with E-state index >= 15 is 0 Å². The summed E-state index contributed by atoms with van der Waals surface area (Å²) in [6.07, 6.45) is 7.69. The van der Waals surface area contributed by atoms with Gasteiger partial charge in [-0.3, -0.25) is 19.8 Å². The van der Waals surface area contributed by atoms with Gasteiger partial charge in [0.25, 0.3) is 0 Å². The highest BCUT2D eigenvalue weighted by Gasteiger charge is 2.17. The van der Waals surface area contributed by atoms with Gasteiger partial charge in [0, 0.05) is 19.0 Å². The van der Waals surface area contributed by atoms with Crippen molar-refractivity contribution >= 4 is 24.5 Å². The van der Waals surface area contributed by atoms with Crippen molar-refractivity contribution in [2.24, 2.45) is 0 Å². The number of aldehydes is 1. The summed E-state index contributed by atoms with van der Waals surface area (Å²) in [6.45, 7) is 24.1. The standard InChI is InChI=1S/C13H24N4O4.C5H13N.C5H10.C3H6.C2H6/c1-3-5-11(13(21)14-4-2)16-17-12(20)7-6-10(8-18)15-9-19;1-4-5(2)6-3;1-4-5(2)3;1-3-2;1-2/h8-11,16H,3-7H2,1-2H3,(H,14,21)(H,15,19)(H,17,20);5-6H,4H2,1-3H3;4H,1-3H3;3H,1H2,2H3;1-2H3/t10-,11-;5-;;;/m01.../s1. The summed E-state index contributed by atoms with van der Waals surface area (Å²) in [5.41, 5.74) is 6.52. The molecule has 220 valence electrons.